The van der Waals surface area contributed by atoms with Gasteiger partial charge in [-0.2, -0.15) is 0 Å². The van der Waals surface area contributed by atoms with Gasteiger partial charge in [0.25, 0.3) is 0 Å². The summed E-state index contributed by atoms with van der Waals surface area (Å²) in [6, 6.07) is 0.322. The first kappa shape index (κ1) is 11.1. The second-order valence-electron chi connectivity index (χ2n) is 5.70. The van der Waals surface area contributed by atoms with Crippen LogP contribution in [-0.2, 0) is 0 Å². The number of hydrogen-bond acceptors (Lipinski definition) is 3. The van der Waals surface area contributed by atoms with E-state index in [0.717, 1.165) is 30.0 Å². The van der Waals surface area contributed by atoms with Crippen LogP contribution in [0.25, 0.3) is 0 Å². The highest BCUT2D eigenvalue weighted by Gasteiger charge is 2.39. The first-order valence-corrected chi connectivity index (χ1v) is 6.82. The number of nitrogens with one attached hydrogen (secondary N) is 1. The lowest BCUT2D eigenvalue weighted by atomic mass is 9.88. The minimum absolute atomic E-state index is 0.322. The quantitative estimate of drug-likeness (QED) is 0.865. The molecule has 2 bridgehead atoms. The molecule has 2 saturated carbocycles. The first-order valence-electron chi connectivity index (χ1n) is 6.82. The molecule has 0 radical (unpaired) electrons. The van der Waals surface area contributed by atoms with Crippen molar-refractivity contribution in [3.8, 4) is 0 Å². The second-order valence-corrected chi connectivity index (χ2v) is 5.70. The maximum atomic E-state index is 4.35. The van der Waals surface area contributed by atoms with Gasteiger partial charge in [0.15, 0.2) is 0 Å². The molecular weight excluding hydrogens is 210 g/mol. The molecule has 4 atom stereocenters. The van der Waals surface area contributed by atoms with E-state index in [2.05, 4.69) is 22.2 Å². The maximum Gasteiger partial charge on any atom is 0.0753 e. The molecule has 0 amide bonds. The summed E-state index contributed by atoms with van der Waals surface area (Å²) in [5, 5.41) is 3.62. The van der Waals surface area contributed by atoms with E-state index >= 15 is 0 Å². The van der Waals surface area contributed by atoms with Crippen LogP contribution in [-0.4, -0.2) is 16.5 Å². The maximum absolute atomic E-state index is 4.35. The first-order chi connectivity index (χ1) is 8.33. The predicted molar refractivity (Wildman–Crippen MR) is 67.4 cm³/mol. The van der Waals surface area contributed by atoms with Crippen molar-refractivity contribution < 1.29 is 0 Å². The van der Waals surface area contributed by atoms with Gasteiger partial charge in [0.1, 0.15) is 0 Å². The molecule has 3 rings (SSSR count). The Hall–Kier alpha value is -0.960. The summed E-state index contributed by atoms with van der Waals surface area (Å²) >= 11 is 0. The molecular formula is C14H21N3. The Labute approximate surface area is 103 Å². The van der Waals surface area contributed by atoms with E-state index in [1.54, 1.807) is 12.4 Å². The zero-order valence-electron chi connectivity index (χ0n) is 10.5. The zero-order chi connectivity index (χ0) is 11.7. The molecule has 3 nitrogen and oxygen atoms in total. The lowest BCUT2D eigenvalue weighted by Crippen LogP contribution is -2.29. The van der Waals surface area contributed by atoms with E-state index in [4.69, 9.17) is 0 Å². The zero-order valence-corrected chi connectivity index (χ0v) is 10.5. The molecule has 0 spiro atoms. The van der Waals surface area contributed by atoms with Crippen LogP contribution in [0, 0.1) is 17.8 Å². The third-order valence-corrected chi connectivity index (χ3v) is 4.60. The number of aromatic nitrogens is 2. The van der Waals surface area contributed by atoms with Crippen LogP contribution in [0.5, 0.6) is 0 Å². The Kier molecular flexibility index (Phi) is 3.10. The van der Waals surface area contributed by atoms with E-state index in [0.29, 0.717) is 6.04 Å². The second kappa shape index (κ2) is 4.73. The normalized spacial score (nSPS) is 32.9. The largest absolute Gasteiger partial charge is 0.309 e. The molecule has 0 saturated heterocycles. The van der Waals surface area contributed by atoms with Crippen molar-refractivity contribution in [1.29, 1.82) is 0 Å². The summed E-state index contributed by atoms with van der Waals surface area (Å²) in [6.45, 7) is 3.33. The number of fused-ring (bicyclic) bond motifs is 2. The van der Waals surface area contributed by atoms with E-state index in [1.807, 2.05) is 6.20 Å². The van der Waals surface area contributed by atoms with Crippen LogP contribution in [0.4, 0.5) is 0 Å². The van der Waals surface area contributed by atoms with Gasteiger partial charge in [-0.15, -0.1) is 0 Å². The van der Waals surface area contributed by atoms with Crippen molar-refractivity contribution in [3.05, 3.63) is 24.3 Å². The third-order valence-electron chi connectivity index (χ3n) is 4.60. The van der Waals surface area contributed by atoms with Crippen molar-refractivity contribution in [2.24, 2.45) is 17.8 Å². The molecule has 1 aromatic rings. The van der Waals surface area contributed by atoms with E-state index in [9.17, 15) is 0 Å². The standard InChI is InChI=1S/C14H21N3/c1-10(14-9-15-4-5-16-14)17-8-13-7-11-2-3-12(13)6-11/h4-5,9-13,17H,2-3,6-8H2,1H3. The van der Waals surface area contributed by atoms with Gasteiger partial charge in [-0.3, -0.25) is 9.97 Å². The fourth-order valence-corrected chi connectivity index (χ4v) is 3.59. The van der Waals surface area contributed by atoms with Crippen LogP contribution in [0.2, 0.25) is 0 Å². The van der Waals surface area contributed by atoms with Gasteiger partial charge >= 0.3 is 0 Å². The van der Waals surface area contributed by atoms with Gasteiger partial charge in [0, 0.05) is 24.6 Å². The van der Waals surface area contributed by atoms with Crippen molar-refractivity contribution in [2.75, 3.05) is 6.54 Å². The molecule has 2 fully saturated rings. The monoisotopic (exact) mass is 231 g/mol. The Morgan fingerprint density at radius 3 is 2.94 bits per heavy atom. The molecule has 92 valence electrons. The smallest absolute Gasteiger partial charge is 0.0753 e. The Balaban J connectivity index is 1.51. The number of rotatable bonds is 4. The molecule has 2 aliphatic rings. The van der Waals surface area contributed by atoms with Gasteiger partial charge in [-0.1, -0.05) is 6.42 Å². The van der Waals surface area contributed by atoms with Crippen molar-refractivity contribution in [3.63, 3.8) is 0 Å². The van der Waals surface area contributed by atoms with Crippen LogP contribution in [0.3, 0.4) is 0 Å². The van der Waals surface area contributed by atoms with Crippen LogP contribution in [0.1, 0.15) is 44.3 Å². The number of nitrogens with zero attached hydrogens (tertiary/aromatic N) is 2. The van der Waals surface area contributed by atoms with Crippen molar-refractivity contribution in [2.45, 2.75) is 38.6 Å². The van der Waals surface area contributed by atoms with Crippen LogP contribution < -0.4 is 5.32 Å². The van der Waals surface area contributed by atoms with E-state index < -0.39 is 0 Å². The lowest BCUT2D eigenvalue weighted by Gasteiger charge is -2.23. The Morgan fingerprint density at radius 1 is 1.35 bits per heavy atom. The van der Waals surface area contributed by atoms with Crippen molar-refractivity contribution in [1.82, 2.24) is 15.3 Å². The Morgan fingerprint density at radius 2 is 2.29 bits per heavy atom. The van der Waals surface area contributed by atoms with Gasteiger partial charge in [-0.05, 0) is 50.5 Å². The summed E-state index contributed by atoms with van der Waals surface area (Å²) in [5.41, 5.74) is 1.05. The summed E-state index contributed by atoms with van der Waals surface area (Å²) in [4.78, 5) is 8.47. The van der Waals surface area contributed by atoms with Crippen LogP contribution >= 0.6 is 0 Å². The molecule has 0 aliphatic heterocycles. The average Bonchev–Trinajstić information content (AvgIpc) is 2.99. The molecule has 3 heteroatoms. The Bertz CT molecular complexity index is 365. The number of hydrogen-bond donors (Lipinski definition) is 1. The highest BCUT2D eigenvalue weighted by Crippen LogP contribution is 2.48. The van der Waals surface area contributed by atoms with E-state index in [-0.39, 0.29) is 0 Å². The summed E-state index contributed by atoms with van der Waals surface area (Å²) in [5.74, 6) is 2.95. The molecule has 17 heavy (non-hydrogen) atoms. The summed E-state index contributed by atoms with van der Waals surface area (Å²) in [7, 11) is 0. The molecule has 0 aromatic carbocycles. The fraction of sp³-hybridized carbons (Fsp3) is 0.714. The topological polar surface area (TPSA) is 37.8 Å². The SMILES string of the molecule is CC(NCC1CC2CCC1C2)c1cnccn1. The predicted octanol–water partition coefficient (Wildman–Crippen LogP) is 2.56. The van der Waals surface area contributed by atoms with Gasteiger partial charge in [-0.25, -0.2) is 0 Å². The molecule has 1 heterocycles. The average molecular weight is 231 g/mol. The van der Waals surface area contributed by atoms with Crippen molar-refractivity contribution >= 4 is 0 Å². The van der Waals surface area contributed by atoms with E-state index in [1.165, 1.54) is 25.7 Å². The fourth-order valence-electron chi connectivity index (χ4n) is 3.59. The van der Waals surface area contributed by atoms with Gasteiger partial charge in [0.2, 0.25) is 0 Å². The minimum atomic E-state index is 0.322. The van der Waals surface area contributed by atoms with Gasteiger partial charge in [0.05, 0.1) is 5.69 Å². The van der Waals surface area contributed by atoms with Gasteiger partial charge < -0.3 is 5.32 Å². The minimum Gasteiger partial charge on any atom is -0.309 e. The third kappa shape index (κ3) is 2.34. The highest BCUT2D eigenvalue weighted by atomic mass is 14.9. The highest BCUT2D eigenvalue weighted by molar-refractivity contribution is 5.01. The summed E-state index contributed by atoms with van der Waals surface area (Å²) in [6.07, 6.45) is 11.3. The molecule has 1 aromatic heterocycles. The van der Waals surface area contributed by atoms with Crippen LogP contribution in [0.15, 0.2) is 18.6 Å². The molecule has 4 unspecified atom stereocenters. The molecule has 1 N–H and O–H groups in total. The molecule has 2 aliphatic carbocycles. The summed E-state index contributed by atoms with van der Waals surface area (Å²) < 4.78 is 0. The lowest BCUT2D eigenvalue weighted by molar-refractivity contribution is 0.308.